The summed E-state index contributed by atoms with van der Waals surface area (Å²) in [6.07, 6.45) is 2.44. The highest BCUT2D eigenvalue weighted by atomic mass is 35.5. The van der Waals surface area contributed by atoms with Gasteiger partial charge < -0.3 is 25.2 Å². The van der Waals surface area contributed by atoms with Crippen molar-refractivity contribution in [1.29, 1.82) is 0 Å². The molecule has 0 radical (unpaired) electrons. The van der Waals surface area contributed by atoms with E-state index < -0.39 is 5.97 Å². The van der Waals surface area contributed by atoms with Crippen molar-refractivity contribution in [3.05, 3.63) is 58.1 Å². The minimum atomic E-state index is -0.757. The first kappa shape index (κ1) is 25.4. The van der Waals surface area contributed by atoms with Crippen LogP contribution in [0, 0.1) is 12.8 Å². The molecule has 9 heteroatoms. The summed E-state index contributed by atoms with van der Waals surface area (Å²) in [5.74, 6) is -0.401. The van der Waals surface area contributed by atoms with Crippen LogP contribution in [-0.4, -0.2) is 49.2 Å². The molecule has 0 spiro atoms. The standard InChI is InChI=1S/C25H29ClN2O6/c1-15-13-17(5-10-22(15)33-2)23(29)27-11-12-28-24(30)20-9-8-19(14-21(20)26)34-18-6-3-16(4-7-18)25(31)32/h5,8-10,13-14,16,18H,3-4,6-7,11-12H2,1-2H3,(H,27,29)(H,28,30)(H,31,32)/t16-,18+. The zero-order chi connectivity index (χ0) is 24.7. The Kier molecular flexibility index (Phi) is 8.76. The van der Waals surface area contributed by atoms with Crippen molar-refractivity contribution in [2.45, 2.75) is 38.7 Å². The maximum atomic E-state index is 12.5. The summed E-state index contributed by atoms with van der Waals surface area (Å²) < 4.78 is 11.1. The number of nitrogens with one attached hydrogen (secondary N) is 2. The van der Waals surface area contributed by atoms with Crippen molar-refractivity contribution in [2.75, 3.05) is 20.2 Å². The number of benzene rings is 2. The fourth-order valence-corrected chi connectivity index (χ4v) is 4.20. The van der Waals surface area contributed by atoms with Crippen LogP contribution >= 0.6 is 11.6 Å². The molecule has 8 nitrogen and oxygen atoms in total. The largest absolute Gasteiger partial charge is 0.496 e. The minimum absolute atomic E-state index is 0.0653. The van der Waals surface area contributed by atoms with Crippen molar-refractivity contribution < 1.29 is 29.0 Å². The van der Waals surface area contributed by atoms with Crippen LogP contribution in [-0.2, 0) is 4.79 Å². The van der Waals surface area contributed by atoms with Gasteiger partial charge in [0.25, 0.3) is 11.8 Å². The topological polar surface area (TPSA) is 114 Å². The van der Waals surface area contributed by atoms with Crippen molar-refractivity contribution >= 4 is 29.4 Å². The normalized spacial score (nSPS) is 17.5. The Morgan fingerprint density at radius 3 is 2.26 bits per heavy atom. The van der Waals surface area contributed by atoms with Gasteiger partial charge in [-0.1, -0.05) is 11.6 Å². The number of ether oxygens (including phenoxy) is 2. The summed E-state index contributed by atoms with van der Waals surface area (Å²) >= 11 is 6.29. The van der Waals surface area contributed by atoms with E-state index in [1.807, 2.05) is 6.92 Å². The summed E-state index contributed by atoms with van der Waals surface area (Å²) in [5, 5.41) is 14.9. The number of hydrogen-bond donors (Lipinski definition) is 3. The van der Waals surface area contributed by atoms with Crippen LogP contribution in [0.5, 0.6) is 11.5 Å². The van der Waals surface area contributed by atoms with Crippen LogP contribution in [0.1, 0.15) is 52.0 Å². The highest BCUT2D eigenvalue weighted by Crippen LogP contribution is 2.30. The lowest BCUT2D eigenvalue weighted by Crippen LogP contribution is -2.34. The van der Waals surface area contributed by atoms with Crippen molar-refractivity contribution in [3.63, 3.8) is 0 Å². The number of carboxylic acids is 1. The van der Waals surface area contributed by atoms with Gasteiger partial charge in [0, 0.05) is 18.7 Å². The second-order valence-electron chi connectivity index (χ2n) is 8.27. The van der Waals surface area contributed by atoms with Gasteiger partial charge in [-0.25, -0.2) is 0 Å². The van der Waals surface area contributed by atoms with Crippen molar-refractivity contribution in [2.24, 2.45) is 5.92 Å². The number of carbonyl (C=O) groups is 3. The lowest BCUT2D eigenvalue weighted by Gasteiger charge is -2.26. The van der Waals surface area contributed by atoms with Crippen molar-refractivity contribution in [3.8, 4) is 11.5 Å². The molecule has 0 aromatic heterocycles. The summed E-state index contributed by atoms with van der Waals surface area (Å²) in [7, 11) is 1.58. The van der Waals surface area contributed by atoms with E-state index >= 15 is 0 Å². The number of carbonyl (C=O) groups excluding carboxylic acids is 2. The molecule has 0 atom stereocenters. The van der Waals surface area contributed by atoms with E-state index in [-0.39, 0.29) is 41.9 Å². The highest BCUT2D eigenvalue weighted by Gasteiger charge is 2.27. The molecule has 1 aliphatic rings. The van der Waals surface area contributed by atoms with E-state index in [1.54, 1.807) is 43.5 Å². The van der Waals surface area contributed by atoms with Crippen LogP contribution in [0.15, 0.2) is 36.4 Å². The number of amides is 2. The van der Waals surface area contributed by atoms with Gasteiger partial charge in [0.1, 0.15) is 11.5 Å². The minimum Gasteiger partial charge on any atom is -0.496 e. The Bertz CT molecular complexity index is 1050. The number of rotatable bonds is 9. The van der Waals surface area contributed by atoms with Gasteiger partial charge in [0.15, 0.2) is 0 Å². The molecule has 2 amide bonds. The lowest BCUT2D eigenvalue weighted by molar-refractivity contribution is -0.143. The Morgan fingerprint density at radius 2 is 1.68 bits per heavy atom. The molecular weight excluding hydrogens is 460 g/mol. The quantitative estimate of drug-likeness (QED) is 0.462. The van der Waals surface area contributed by atoms with Gasteiger partial charge in [-0.15, -0.1) is 0 Å². The van der Waals surface area contributed by atoms with Crippen LogP contribution in [0.3, 0.4) is 0 Å². The molecule has 1 fully saturated rings. The number of carboxylic acid groups (broad SMARTS) is 1. The molecule has 1 saturated carbocycles. The number of methoxy groups -OCH3 is 1. The molecule has 3 N–H and O–H groups in total. The fourth-order valence-electron chi connectivity index (χ4n) is 3.94. The van der Waals surface area contributed by atoms with Crippen LogP contribution in [0.2, 0.25) is 5.02 Å². The highest BCUT2D eigenvalue weighted by molar-refractivity contribution is 6.34. The second-order valence-corrected chi connectivity index (χ2v) is 8.67. The van der Waals surface area contributed by atoms with Crippen LogP contribution < -0.4 is 20.1 Å². The number of hydrogen-bond acceptors (Lipinski definition) is 5. The lowest BCUT2D eigenvalue weighted by atomic mass is 9.87. The van der Waals surface area contributed by atoms with E-state index in [2.05, 4.69) is 10.6 Å². The molecule has 3 rings (SSSR count). The van der Waals surface area contributed by atoms with E-state index in [9.17, 15) is 14.4 Å². The molecule has 34 heavy (non-hydrogen) atoms. The molecule has 182 valence electrons. The number of aryl methyl sites for hydroxylation is 1. The molecule has 2 aromatic rings. The van der Waals surface area contributed by atoms with Gasteiger partial charge in [0.2, 0.25) is 0 Å². The maximum absolute atomic E-state index is 12.5. The summed E-state index contributed by atoms with van der Waals surface area (Å²) in [5.41, 5.74) is 1.68. The van der Waals surface area contributed by atoms with E-state index in [0.717, 1.165) is 5.56 Å². The van der Waals surface area contributed by atoms with Gasteiger partial charge in [-0.05, 0) is 74.6 Å². The smallest absolute Gasteiger partial charge is 0.306 e. The third-order valence-corrected chi connectivity index (χ3v) is 6.18. The Hall–Kier alpha value is -3.26. The Morgan fingerprint density at radius 1 is 1.00 bits per heavy atom. The molecule has 0 heterocycles. The average Bonchev–Trinajstić information content (AvgIpc) is 2.82. The van der Waals surface area contributed by atoms with E-state index in [1.165, 1.54) is 0 Å². The average molecular weight is 489 g/mol. The van der Waals surface area contributed by atoms with Crippen LogP contribution in [0.25, 0.3) is 0 Å². The molecule has 1 aliphatic carbocycles. The monoisotopic (exact) mass is 488 g/mol. The Labute approximate surface area is 203 Å². The number of halogens is 1. The van der Waals surface area contributed by atoms with E-state index in [4.69, 9.17) is 26.2 Å². The third kappa shape index (κ3) is 6.63. The van der Waals surface area contributed by atoms with Gasteiger partial charge >= 0.3 is 5.97 Å². The van der Waals surface area contributed by atoms with Gasteiger partial charge in [-0.2, -0.15) is 0 Å². The fraction of sp³-hybridized carbons (Fsp3) is 0.400. The van der Waals surface area contributed by atoms with Gasteiger partial charge in [-0.3, -0.25) is 14.4 Å². The first-order chi connectivity index (χ1) is 16.3. The first-order valence-electron chi connectivity index (χ1n) is 11.2. The zero-order valence-corrected chi connectivity index (χ0v) is 20.0. The molecule has 0 unspecified atom stereocenters. The van der Waals surface area contributed by atoms with Crippen molar-refractivity contribution in [1.82, 2.24) is 10.6 Å². The molecule has 0 aliphatic heterocycles. The first-order valence-corrected chi connectivity index (χ1v) is 11.6. The predicted octanol–water partition coefficient (Wildman–Crippen LogP) is 3.84. The third-order valence-electron chi connectivity index (χ3n) is 5.86. The molecular formula is C25H29ClN2O6. The van der Waals surface area contributed by atoms with Crippen LogP contribution in [0.4, 0.5) is 0 Å². The maximum Gasteiger partial charge on any atom is 0.306 e. The molecule has 0 bridgehead atoms. The Balaban J connectivity index is 1.44. The second kappa shape index (κ2) is 11.7. The number of aliphatic carboxylic acids is 1. The molecule has 2 aromatic carbocycles. The predicted molar refractivity (Wildman–Crippen MR) is 128 cm³/mol. The zero-order valence-electron chi connectivity index (χ0n) is 19.2. The summed E-state index contributed by atoms with van der Waals surface area (Å²) in [6.45, 7) is 2.36. The SMILES string of the molecule is COc1ccc(C(=O)NCCNC(=O)c2ccc(O[C@H]3CC[C@@H](C(=O)O)CC3)cc2Cl)cc1C. The van der Waals surface area contributed by atoms with E-state index in [0.29, 0.717) is 48.3 Å². The van der Waals surface area contributed by atoms with Gasteiger partial charge in [0.05, 0.1) is 29.7 Å². The molecule has 0 saturated heterocycles. The summed E-state index contributed by atoms with van der Waals surface area (Å²) in [4.78, 5) is 35.8. The summed E-state index contributed by atoms with van der Waals surface area (Å²) in [6, 6.07) is 10.0.